The molecule has 4 N–H and O–H groups in total. The Hall–Kier alpha value is -1.26. The SMILES string of the molecule is NC(=O)CCCNC1=NCCN1. The molecular formula is C7H14N4O. The minimum Gasteiger partial charge on any atom is -0.370 e. The van der Waals surface area contributed by atoms with Crippen LogP contribution in [0.15, 0.2) is 4.99 Å². The van der Waals surface area contributed by atoms with Gasteiger partial charge in [-0.15, -0.1) is 0 Å². The number of carbonyl (C=O) groups excluding carboxylic acids is 1. The Morgan fingerprint density at radius 3 is 3.17 bits per heavy atom. The lowest BCUT2D eigenvalue weighted by atomic mass is 10.3. The Labute approximate surface area is 71.4 Å². The summed E-state index contributed by atoms with van der Waals surface area (Å²) in [5.41, 5.74) is 4.97. The molecule has 0 fully saturated rings. The van der Waals surface area contributed by atoms with Gasteiger partial charge in [-0.1, -0.05) is 0 Å². The van der Waals surface area contributed by atoms with E-state index in [2.05, 4.69) is 15.6 Å². The molecule has 0 aliphatic carbocycles. The fraction of sp³-hybridized carbons (Fsp3) is 0.714. The number of rotatable bonds is 4. The van der Waals surface area contributed by atoms with Gasteiger partial charge in [-0.3, -0.25) is 9.79 Å². The fourth-order valence-electron chi connectivity index (χ4n) is 0.986. The third-order valence-corrected chi connectivity index (χ3v) is 1.57. The average molecular weight is 170 g/mol. The molecule has 1 heterocycles. The average Bonchev–Trinajstić information content (AvgIpc) is 2.49. The van der Waals surface area contributed by atoms with Crippen molar-refractivity contribution in [1.29, 1.82) is 0 Å². The molecule has 0 spiro atoms. The van der Waals surface area contributed by atoms with Crippen molar-refractivity contribution in [1.82, 2.24) is 10.6 Å². The Morgan fingerprint density at radius 1 is 1.75 bits per heavy atom. The molecular weight excluding hydrogens is 156 g/mol. The number of nitrogens with one attached hydrogen (secondary N) is 2. The van der Waals surface area contributed by atoms with Crippen molar-refractivity contribution in [3.63, 3.8) is 0 Å². The molecule has 0 saturated carbocycles. The van der Waals surface area contributed by atoms with Crippen molar-refractivity contribution in [2.75, 3.05) is 19.6 Å². The summed E-state index contributed by atoms with van der Waals surface area (Å²) in [5.74, 6) is 0.581. The van der Waals surface area contributed by atoms with Gasteiger partial charge in [0, 0.05) is 19.5 Å². The smallest absolute Gasteiger partial charge is 0.217 e. The lowest BCUT2D eigenvalue weighted by Crippen LogP contribution is -2.34. The minimum absolute atomic E-state index is 0.252. The third kappa shape index (κ3) is 3.23. The number of carbonyl (C=O) groups is 1. The summed E-state index contributed by atoms with van der Waals surface area (Å²) >= 11 is 0. The molecule has 5 nitrogen and oxygen atoms in total. The summed E-state index contributed by atoms with van der Waals surface area (Å²) < 4.78 is 0. The summed E-state index contributed by atoms with van der Waals surface area (Å²) in [7, 11) is 0. The van der Waals surface area contributed by atoms with Gasteiger partial charge in [-0.25, -0.2) is 0 Å². The van der Waals surface area contributed by atoms with Gasteiger partial charge in [-0.2, -0.15) is 0 Å². The van der Waals surface area contributed by atoms with Crippen LogP contribution in [0.25, 0.3) is 0 Å². The first-order valence-corrected chi connectivity index (χ1v) is 4.09. The molecule has 1 aliphatic heterocycles. The molecule has 68 valence electrons. The molecule has 1 amide bonds. The summed E-state index contributed by atoms with van der Waals surface area (Å²) in [5, 5.41) is 6.14. The second-order valence-corrected chi connectivity index (χ2v) is 2.65. The molecule has 0 aromatic rings. The van der Waals surface area contributed by atoms with E-state index in [0.29, 0.717) is 6.42 Å². The number of hydrogen-bond donors (Lipinski definition) is 3. The van der Waals surface area contributed by atoms with Crippen LogP contribution in [0, 0.1) is 0 Å². The quantitative estimate of drug-likeness (QED) is 0.464. The van der Waals surface area contributed by atoms with Crippen molar-refractivity contribution >= 4 is 11.9 Å². The number of amides is 1. The fourth-order valence-corrected chi connectivity index (χ4v) is 0.986. The second-order valence-electron chi connectivity index (χ2n) is 2.65. The Morgan fingerprint density at radius 2 is 2.58 bits per heavy atom. The summed E-state index contributed by atoms with van der Waals surface area (Å²) in [6, 6.07) is 0. The van der Waals surface area contributed by atoms with Crippen molar-refractivity contribution in [2.24, 2.45) is 10.7 Å². The first-order valence-electron chi connectivity index (χ1n) is 4.09. The van der Waals surface area contributed by atoms with E-state index in [-0.39, 0.29) is 5.91 Å². The van der Waals surface area contributed by atoms with E-state index in [0.717, 1.165) is 32.0 Å². The highest BCUT2D eigenvalue weighted by atomic mass is 16.1. The summed E-state index contributed by atoms with van der Waals surface area (Å²) in [6.45, 7) is 2.48. The van der Waals surface area contributed by atoms with Crippen LogP contribution in [0.5, 0.6) is 0 Å². The zero-order valence-corrected chi connectivity index (χ0v) is 6.97. The van der Waals surface area contributed by atoms with Crippen molar-refractivity contribution < 1.29 is 4.79 Å². The molecule has 0 saturated heterocycles. The summed E-state index contributed by atoms with van der Waals surface area (Å²) in [6.07, 6.45) is 1.19. The van der Waals surface area contributed by atoms with Gasteiger partial charge in [-0.05, 0) is 6.42 Å². The number of guanidine groups is 1. The maximum Gasteiger partial charge on any atom is 0.217 e. The number of hydrogen-bond acceptors (Lipinski definition) is 4. The highest BCUT2D eigenvalue weighted by Gasteiger charge is 2.02. The van der Waals surface area contributed by atoms with Gasteiger partial charge < -0.3 is 16.4 Å². The molecule has 0 aromatic carbocycles. The van der Waals surface area contributed by atoms with Crippen LogP contribution in [-0.4, -0.2) is 31.5 Å². The van der Waals surface area contributed by atoms with Gasteiger partial charge in [0.2, 0.25) is 5.91 Å². The number of aliphatic imine (C=N–C) groups is 1. The zero-order valence-electron chi connectivity index (χ0n) is 6.97. The highest BCUT2D eigenvalue weighted by Crippen LogP contribution is 1.86. The number of nitrogens with zero attached hydrogens (tertiary/aromatic N) is 1. The van der Waals surface area contributed by atoms with E-state index in [9.17, 15) is 4.79 Å². The monoisotopic (exact) mass is 170 g/mol. The van der Waals surface area contributed by atoms with Crippen LogP contribution in [0.3, 0.4) is 0 Å². The van der Waals surface area contributed by atoms with E-state index in [1.807, 2.05) is 0 Å². The highest BCUT2D eigenvalue weighted by molar-refractivity contribution is 5.81. The minimum atomic E-state index is -0.252. The predicted molar refractivity (Wildman–Crippen MR) is 46.7 cm³/mol. The normalized spacial score (nSPS) is 15.2. The molecule has 0 bridgehead atoms. The molecule has 0 atom stereocenters. The van der Waals surface area contributed by atoms with Crippen LogP contribution < -0.4 is 16.4 Å². The van der Waals surface area contributed by atoms with E-state index < -0.39 is 0 Å². The van der Waals surface area contributed by atoms with E-state index in [1.165, 1.54) is 0 Å². The molecule has 0 unspecified atom stereocenters. The zero-order chi connectivity index (χ0) is 8.81. The topological polar surface area (TPSA) is 79.5 Å². The number of nitrogens with two attached hydrogens (primary N) is 1. The van der Waals surface area contributed by atoms with Crippen LogP contribution in [0.2, 0.25) is 0 Å². The van der Waals surface area contributed by atoms with Crippen molar-refractivity contribution in [2.45, 2.75) is 12.8 Å². The maximum absolute atomic E-state index is 10.3. The van der Waals surface area contributed by atoms with Crippen molar-refractivity contribution in [3.8, 4) is 0 Å². The molecule has 12 heavy (non-hydrogen) atoms. The third-order valence-electron chi connectivity index (χ3n) is 1.57. The van der Waals surface area contributed by atoms with Gasteiger partial charge in [0.15, 0.2) is 5.96 Å². The standard InChI is InChI=1S/C7H14N4O/c8-6(12)2-1-3-9-7-10-4-5-11-7/h1-5H2,(H2,8,12)(H2,9,10,11). The van der Waals surface area contributed by atoms with Crippen LogP contribution in [0.1, 0.15) is 12.8 Å². The lowest BCUT2D eigenvalue weighted by molar-refractivity contribution is -0.118. The van der Waals surface area contributed by atoms with Crippen LogP contribution in [0.4, 0.5) is 0 Å². The molecule has 0 aromatic heterocycles. The van der Waals surface area contributed by atoms with E-state index in [1.54, 1.807) is 0 Å². The summed E-state index contributed by atoms with van der Waals surface area (Å²) in [4.78, 5) is 14.5. The molecule has 1 aliphatic rings. The molecule has 5 heteroatoms. The van der Waals surface area contributed by atoms with Crippen molar-refractivity contribution in [3.05, 3.63) is 0 Å². The van der Waals surface area contributed by atoms with Crippen LogP contribution >= 0.6 is 0 Å². The molecule has 0 radical (unpaired) electrons. The predicted octanol–water partition coefficient (Wildman–Crippen LogP) is -1.20. The largest absolute Gasteiger partial charge is 0.370 e. The Bertz CT molecular complexity index is 190. The van der Waals surface area contributed by atoms with Crippen LogP contribution in [-0.2, 0) is 4.79 Å². The Kier molecular flexibility index (Phi) is 3.37. The maximum atomic E-state index is 10.3. The molecule has 1 rings (SSSR count). The Balaban J connectivity index is 1.98. The lowest BCUT2D eigenvalue weighted by Gasteiger charge is -2.04. The first-order chi connectivity index (χ1) is 5.79. The van der Waals surface area contributed by atoms with E-state index in [4.69, 9.17) is 5.73 Å². The van der Waals surface area contributed by atoms with Gasteiger partial charge in [0.25, 0.3) is 0 Å². The van der Waals surface area contributed by atoms with Gasteiger partial charge >= 0.3 is 0 Å². The first kappa shape index (κ1) is 8.83. The van der Waals surface area contributed by atoms with Gasteiger partial charge in [0.05, 0.1) is 6.54 Å². The number of primary amides is 1. The van der Waals surface area contributed by atoms with Gasteiger partial charge in [0.1, 0.15) is 0 Å². The van der Waals surface area contributed by atoms with E-state index >= 15 is 0 Å². The second kappa shape index (κ2) is 4.58.